The van der Waals surface area contributed by atoms with E-state index in [9.17, 15) is 0 Å². The zero-order chi connectivity index (χ0) is 40.6. The largest absolute Gasteiger partial charge is 0.325 e. The maximum absolute atomic E-state index is 3.20. The number of rotatable bonds is 10. The van der Waals surface area contributed by atoms with Gasteiger partial charge in [0.15, 0.2) is 0 Å². The van der Waals surface area contributed by atoms with E-state index >= 15 is 0 Å². The van der Waals surface area contributed by atoms with Crippen LogP contribution < -0.4 is 10.6 Å². The highest BCUT2D eigenvalue weighted by Crippen LogP contribution is 2.79. The lowest BCUT2D eigenvalue weighted by atomic mass is 9.75. The smallest absolute Gasteiger partial charge is 0.278 e. The Labute approximate surface area is 339 Å². The Hall–Kier alpha value is -0.650. The van der Waals surface area contributed by atoms with Crippen LogP contribution in [-0.2, 0) is 0 Å². The monoisotopic (exact) mass is 771 g/mol. The molecule has 0 radical (unpaired) electrons. The van der Waals surface area contributed by atoms with E-state index in [0.29, 0.717) is 48.1 Å². The van der Waals surface area contributed by atoms with Crippen molar-refractivity contribution in [2.75, 3.05) is 0 Å². The Balaban J connectivity index is 2.01. The second-order valence-electron chi connectivity index (χ2n) is 22.2. The first kappa shape index (κ1) is 44.5. The fraction of sp³-hybridized carbons (Fsp3) is 0.750. The van der Waals surface area contributed by atoms with E-state index in [-0.39, 0.29) is 22.2 Å². The van der Waals surface area contributed by atoms with Gasteiger partial charge < -0.3 is 9.62 Å². The molecule has 0 N–H and O–H groups in total. The Kier molecular flexibility index (Phi) is 13.0. The summed E-state index contributed by atoms with van der Waals surface area (Å²) in [6.45, 7) is 50.6. The van der Waals surface area contributed by atoms with Gasteiger partial charge in [-0.25, -0.2) is 0 Å². The van der Waals surface area contributed by atoms with Gasteiger partial charge >= 0.3 is 0 Å². The molecule has 2 aromatic carbocycles. The van der Waals surface area contributed by atoms with Crippen molar-refractivity contribution in [1.82, 2.24) is 9.62 Å². The molecular formula is C48H82B2N2P2. The summed E-state index contributed by atoms with van der Waals surface area (Å²) in [6, 6.07) is 10.7. The van der Waals surface area contributed by atoms with E-state index in [2.05, 4.69) is 172 Å². The van der Waals surface area contributed by atoms with Crippen LogP contribution in [-0.4, -0.2) is 44.4 Å². The normalized spacial score (nSPS) is 24.5. The molecule has 5 rings (SSSR count). The minimum Gasteiger partial charge on any atom is -0.325 e. The molecule has 0 aliphatic carbocycles. The molecule has 3 fully saturated rings. The minimum atomic E-state index is -0.603. The molecule has 2 nitrogen and oxygen atoms in total. The van der Waals surface area contributed by atoms with Crippen LogP contribution in [0.5, 0.6) is 0 Å². The van der Waals surface area contributed by atoms with Crippen molar-refractivity contribution < 1.29 is 0 Å². The van der Waals surface area contributed by atoms with Crippen molar-refractivity contribution in [3.05, 3.63) is 57.6 Å². The topological polar surface area (TPSA) is 6.48 Å². The van der Waals surface area contributed by atoms with Gasteiger partial charge in [-0.05, 0) is 173 Å². The first-order valence-electron chi connectivity index (χ1n) is 22.3. The maximum Gasteiger partial charge on any atom is 0.278 e. The van der Waals surface area contributed by atoms with E-state index in [0.717, 1.165) is 0 Å². The summed E-state index contributed by atoms with van der Waals surface area (Å²) in [4.78, 5) is 6.41. The van der Waals surface area contributed by atoms with E-state index in [1.54, 1.807) is 32.9 Å². The molecule has 0 atom stereocenters. The highest BCUT2D eigenvalue weighted by Gasteiger charge is 2.69. The lowest BCUT2D eigenvalue weighted by molar-refractivity contribution is 0.0519. The molecule has 3 heterocycles. The molecule has 0 spiro atoms. The molecule has 0 amide bonds. The van der Waals surface area contributed by atoms with Crippen molar-refractivity contribution in [3.8, 4) is 0 Å². The van der Waals surface area contributed by atoms with Gasteiger partial charge in [-0.2, -0.15) is 0 Å². The number of hydrogen-bond donors (Lipinski definition) is 0. The predicted molar refractivity (Wildman–Crippen MR) is 250 cm³/mol. The highest BCUT2D eigenvalue weighted by atomic mass is 31.2. The number of piperidine rings is 2. The maximum atomic E-state index is 3.20. The first-order chi connectivity index (χ1) is 24.8. The molecule has 3 aliphatic heterocycles. The van der Waals surface area contributed by atoms with Crippen molar-refractivity contribution in [2.24, 2.45) is 0 Å². The molecule has 0 bridgehead atoms. The summed E-state index contributed by atoms with van der Waals surface area (Å²) in [6.07, 6.45) is 8.83. The summed E-state index contributed by atoms with van der Waals surface area (Å²) < 4.78 is 0. The van der Waals surface area contributed by atoms with Crippen LogP contribution in [0.25, 0.3) is 0 Å². The van der Waals surface area contributed by atoms with E-state index in [1.165, 1.54) is 49.7 Å². The van der Waals surface area contributed by atoms with Crippen LogP contribution in [0.4, 0.5) is 0 Å². The van der Waals surface area contributed by atoms with Crippen molar-refractivity contribution in [1.29, 1.82) is 0 Å². The van der Waals surface area contributed by atoms with Crippen LogP contribution in [0.2, 0.25) is 0 Å². The van der Waals surface area contributed by atoms with Crippen molar-refractivity contribution in [3.63, 3.8) is 0 Å². The van der Waals surface area contributed by atoms with Crippen LogP contribution in [0.1, 0.15) is 246 Å². The van der Waals surface area contributed by atoms with Gasteiger partial charge in [0.1, 0.15) is 0 Å². The summed E-state index contributed by atoms with van der Waals surface area (Å²) in [7, 11) is -1.21. The Morgan fingerprint density at radius 1 is 0.407 bits per heavy atom. The lowest BCUT2D eigenvalue weighted by Crippen LogP contribution is -2.74. The van der Waals surface area contributed by atoms with Crippen molar-refractivity contribution in [2.45, 2.75) is 235 Å². The Morgan fingerprint density at radius 2 is 0.630 bits per heavy atom. The molecule has 3 saturated heterocycles. The lowest BCUT2D eigenvalue weighted by Gasteiger charge is -2.69. The third-order valence-corrected chi connectivity index (χ3v) is 21.9. The fourth-order valence-electron chi connectivity index (χ4n) is 11.1. The van der Waals surface area contributed by atoms with Gasteiger partial charge in [0.05, 0.1) is 0 Å². The summed E-state index contributed by atoms with van der Waals surface area (Å²) in [5, 5.41) is 3.58. The third-order valence-electron chi connectivity index (χ3n) is 13.9. The van der Waals surface area contributed by atoms with Gasteiger partial charge in [-0.15, -0.1) is 0 Å². The highest BCUT2D eigenvalue weighted by molar-refractivity contribution is 8.63. The van der Waals surface area contributed by atoms with E-state index in [4.69, 9.17) is 0 Å². The summed E-state index contributed by atoms with van der Waals surface area (Å²) in [5.74, 6) is 2.99. The summed E-state index contributed by atoms with van der Waals surface area (Å²) in [5.41, 5.74) is 10.2. The molecule has 0 saturated carbocycles. The van der Waals surface area contributed by atoms with Gasteiger partial charge in [0.2, 0.25) is 0 Å². The number of nitrogens with zero attached hydrogens (tertiary/aromatic N) is 2. The van der Waals surface area contributed by atoms with Crippen LogP contribution in [0.3, 0.4) is 0 Å². The number of benzene rings is 2. The second-order valence-corrected chi connectivity index (χ2v) is 27.5. The molecule has 300 valence electrons. The molecule has 0 aromatic heterocycles. The van der Waals surface area contributed by atoms with Gasteiger partial charge in [-0.1, -0.05) is 123 Å². The first-order valence-corrected chi connectivity index (χ1v) is 25.2. The minimum absolute atomic E-state index is 0.132. The molecular weight excluding hydrogens is 688 g/mol. The SMILES string of the molecule is CC(C)c1cc(C(C)C)c(P2B(N3C(C)(C)CCCC3(C)C)P(c3c(C(C)C)cc(C(C)C)cc3C(C)C)B2N2C(C)(C)CCCC2(C)C)c(C(C)C)c1. The van der Waals surface area contributed by atoms with Crippen molar-refractivity contribution >= 4 is 38.5 Å². The van der Waals surface area contributed by atoms with Crippen LogP contribution in [0, 0.1) is 0 Å². The van der Waals surface area contributed by atoms with Crippen LogP contribution in [0.15, 0.2) is 24.3 Å². The quantitative estimate of drug-likeness (QED) is 0.175. The second kappa shape index (κ2) is 15.8. The average molecular weight is 771 g/mol. The standard InChI is InChI=1S/C48H82B2N2P2/c1-31(2)37-27-39(33(5)6)43(40(28-37)34(7)8)53-49(51-45(13,14)23-21-24-46(51,15)16)54(50(53)52-47(17,18)25-22-26-48(52,19)20)44-41(35(9)10)29-38(32(3)4)30-42(44)36(11)12/h27-36H,21-26H2,1-20H3. The predicted octanol–water partition coefficient (Wildman–Crippen LogP) is 14.4. The fourth-order valence-corrected chi connectivity index (χ4v) is 22.5. The van der Waals surface area contributed by atoms with Gasteiger partial charge in [0, 0.05) is 22.2 Å². The molecule has 3 aliphatic rings. The average Bonchev–Trinajstić information content (AvgIpc) is 3.01. The zero-order valence-corrected chi connectivity index (χ0v) is 40.7. The Morgan fingerprint density at radius 3 is 0.815 bits per heavy atom. The van der Waals surface area contributed by atoms with E-state index < -0.39 is 15.4 Å². The third kappa shape index (κ3) is 8.03. The van der Waals surface area contributed by atoms with Crippen LogP contribution >= 0.6 is 15.4 Å². The molecule has 6 heteroatoms. The van der Waals surface area contributed by atoms with Gasteiger partial charge in [0.25, 0.3) is 12.6 Å². The van der Waals surface area contributed by atoms with Gasteiger partial charge in [-0.3, -0.25) is 0 Å². The zero-order valence-electron chi connectivity index (χ0n) is 39.0. The molecule has 54 heavy (non-hydrogen) atoms. The summed E-state index contributed by atoms with van der Waals surface area (Å²) >= 11 is 0. The molecule has 2 aromatic rings. The molecule has 0 unspecified atom stereocenters. The Bertz CT molecular complexity index is 1430. The number of hydrogen-bond acceptors (Lipinski definition) is 2. The van der Waals surface area contributed by atoms with E-state index in [1.807, 2.05) is 0 Å².